The van der Waals surface area contributed by atoms with Crippen LogP contribution in [0.5, 0.6) is 0 Å². The smallest absolute Gasteiger partial charge is 0.242 e. The minimum atomic E-state index is -0.314. The van der Waals surface area contributed by atoms with Crippen LogP contribution >= 0.6 is 0 Å². The van der Waals surface area contributed by atoms with Crippen molar-refractivity contribution in [1.82, 2.24) is 15.1 Å². The first kappa shape index (κ1) is 18.0. The number of hydrogen-bond donors (Lipinski definition) is 1. The highest BCUT2D eigenvalue weighted by Crippen LogP contribution is 2.33. The average molecular weight is 297 g/mol. The van der Waals surface area contributed by atoms with Crippen molar-refractivity contribution < 1.29 is 9.59 Å². The van der Waals surface area contributed by atoms with Gasteiger partial charge in [-0.15, -0.1) is 0 Å². The minimum Gasteiger partial charge on any atom is -0.342 e. The SMILES string of the molecule is CCCC1(C(=O)N(C)CC(=O)N(CC)CC)CCCNC1. The van der Waals surface area contributed by atoms with E-state index in [2.05, 4.69) is 12.2 Å². The van der Waals surface area contributed by atoms with Gasteiger partial charge in [0.15, 0.2) is 0 Å². The Morgan fingerprint density at radius 1 is 1.19 bits per heavy atom. The summed E-state index contributed by atoms with van der Waals surface area (Å²) in [7, 11) is 1.76. The average Bonchev–Trinajstić information content (AvgIpc) is 2.48. The highest BCUT2D eigenvalue weighted by molar-refractivity contribution is 5.88. The first-order chi connectivity index (χ1) is 10.0. The fourth-order valence-corrected chi connectivity index (χ4v) is 3.31. The molecule has 1 heterocycles. The molecule has 1 aliphatic heterocycles. The summed E-state index contributed by atoms with van der Waals surface area (Å²) in [6.07, 6.45) is 3.84. The van der Waals surface area contributed by atoms with Crippen molar-refractivity contribution in [1.29, 1.82) is 0 Å². The summed E-state index contributed by atoms with van der Waals surface area (Å²) in [5.41, 5.74) is -0.314. The second-order valence-electron chi connectivity index (χ2n) is 6.04. The Balaban J connectivity index is 2.72. The van der Waals surface area contributed by atoms with E-state index in [9.17, 15) is 9.59 Å². The van der Waals surface area contributed by atoms with Crippen molar-refractivity contribution >= 4 is 11.8 Å². The standard InChI is InChI=1S/C16H31N3O2/c1-5-9-16(10-8-11-17-13-16)15(21)18(4)12-14(20)19(6-2)7-3/h17H,5-13H2,1-4H3. The Kier molecular flexibility index (Phi) is 7.15. The van der Waals surface area contributed by atoms with E-state index >= 15 is 0 Å². The lowest BCUT2D eigenvalue weighted by Crippen LogP contribution is -2.52. The molecule has 1 N–H and O–H groups in total. The maximum Gasteiger partial charge on any atom is 0.242 e. The van der Waals surface area contributed by atoms with Crippen LogP contribution in [0.2, 0.25) is 0 Å². The van der Waals surface area contributed by atoms with Crippen molar-refractivity contribution in [3.63, 3.8) is 0 Å². The van der Waals surface area contributed by atoms with Gasteiger partial charge in [-0.1, -0.05) is 13.3 Å². The molecule has 0 spiro atoms. The molecule has 0 aliphatic carbocycles. The van der Waals surface area contributed by atoms with Gasteiger partial charge in [0.2, 0.25) is 11.8 Å². The molecule has 1 aliphatic rings. The summed E-state index contributed by atoms with van der Waals surface area (Å²) in [6.45, 7) is 9.35. The third-order valence-corrected chi connectivity index (χ3v) is 4.49. The molecule has 1 fully saturated rings. The van der Waals surface area contributed by atoms with Gasteiger partial charge in [0.25, 0.3) is 0 Å². The van der Waals surface area contributed by atoms with Gasteiger partial charge in [-0.3, -0.25) is 9.59 Å². The Labute approximate surface area is 129 Å². The van der Waals surface area contributed by atoms with E-state index < -0.39 is 0 Å². The first-order valence-corrected chi connectivity index (χ1v) is 8.24. The Morgan fingerprint density at radius 3 is 2.33 bits per heavy atom. The van der Waals surface area contributed by atoms with E-state index in [1.807, 2.05) is 13.8 Å². The summed E-state index contributed by atoms with van der Waals surface area (Å²) in [5, 5.41) is 3.35. The van der Waals surface area contributed by atoms with Crippen molar-refractivity contribution in [2.45, 2.75) is 46.5 Å². The van der Waals surface area contributed by atoms with E-state index in [-0.39, 0.29) is 23.8 Å². The summed E-state index contributed by atoms with van der Waals surface area (Å²) in [6, 6.07) is 0. The van der Waals surface area contributed by atoms with E-state index in [4.69, 9.17) is 0 Å². The van der Waals surface area contributed by atoms with E-state index in [0.29, 0.717) is 13.1 Å². The van der Waals surface area contributed by atoms with Crippen LogP contribution in [0, 0.1) is 5.41 Å². The topological polar surface area (TPSA) is 52.7 Å². The van der Waals surface area contributed by atoms with Crippen LogP contribution in [0.3, 0.4) is 0 Å². The summed E-state index contributed by atoms with van der Waals surface area (Å²) in [5.74, 6) is 0.156. The first-order valence-electron chi connectivity index (χ1n) is 8.24. The highest BCUT2D eigenvalue weighted by Gasteiger charge is 2.40. The molecule has 1 rings (SSSR count). The lowest BCUT2D eigenvalue weighted by Gasteiger charge is -2.39. The molecular weight excluding hydrogens is 266 g/mol. The molecule has 0 radical (unpaired) electrons. The zero-order valence-electron chi connectivity index (χ0n) is 14.1. The number of hydrogen-bond acceptors (Lipinski definition) is 3. The largest absolute Gasteiger partial charge is 0.342 e. The predicted molar refractivity (Wildman–Crippen MR) is 85.0 cm³/mol. The maximum absolute atomic E-state index is 12.9. The molecule has 1 saturated heterocycles. The lowest BCUT2D eigenvalue weighted by molar-refractivity contribution is -0.147. The van der Waals surface area contributed by atoms with E-state index in [1.54, 1.807) is 16.8 Å². The number of nitrogens with one attached hydrogen (secondary N) is 1. The quantitative estimate of drug-likeness (QED) is 0.774. The summed E-state index contributed by atoms with van der Waals surface area (Å²) in [4.78, 5) is 28.4. The number of likely N-dealkylation sites (N-methyl/N-ethyl adjacent to an activating group) is 2. The summed E-state index contributed by atoms with van der Waals surface area (Å²) >= 11 is 0. The lowest BCUT2D eigenvalue weighted by atomic mass is 9.76. The second kappa shape index (κ2) is 8.37. The van der Waals surface area contributed by atoms with E-state index in [0.717, 1.165) is 38.8 Å². The molecule has 0 aromatic rings. The third kappa shape index (κ3) is 4.43. The molecule has 21 heavy (non-hydrogen) atoms. The van der Waals surface area contributed by atoms with Gasteiger partial charge in [-0.25, -0.2) is 0 Å². The third-order valence-electron chi connectivity index (χ3n) is 4.49. The van der Waals surface area contributed by atoms with Gasteiger partial charge < -0.3 is 15.1 Å². The molecule has 1 unspecified atom stereocenters. The molecule has 0 bridgehead atoms. The highest BCUT2D eigenvalue weighted by atomic mass is 16.2. The molecule has 5 heteroatoms. The Morgan fingerprint density at radius 2 is 1.86 bits per heavy atom. The monoisotopic (exact) mass is 297 g/mol. The van der Waals surface area contributed by atoms with Crippen LogP contribution in [0.15, 0.2) is 0 Å². The molecule has 122 valence electrons. The van der Waals surface area contributed by atoms with Gasteiger partial charge in [0, 0.05) is 26.7 Å². The number of piperidine rings is 1. The Bertz CT molecular complexity index is 342. The van der Waals surface area contributed by atoms with Gasteiger partial charge >= 0.3 is 0 Å². The fourth-order valence-electron chi connectivity index (χ4n) is 3.31. The number of amides is 2. The van der Waals surface area contributed by atoms with Crippen molar-refractivity contribution in [3.8, 4) is 0 Å². The van der Waals surface area contributed by atoms with Crippen LogP contribution in [0.25, 0.3) is 0 Å². The predicted octanol–water partition coefficient (Wildman–Crippen LogP) is 1.48. The number of rotatable bonds is 7. The summed E-state index contributed by atoms with van der Waals surface area (Å²) < 4.78 is 0. The van der Waals surface area contributed by atoms with Gasteiger partial charge in [-0.05, 0) is 39.7 Å². The van der Waals surface area contributed by atoms with Gasteiger partial charge in [-0.2, -0.15) is 0 Å². The van der Waals surface area contributed by atoms with Crippen LogP contribution in [-0.4, -0.2) is 61.4 Å². The van der Waals surface area contributed by atoms with Gasteiger partial charge in [0.05, 0.1) is 12.0 Å². The maximum atomic E-state index is 12.9. The molecule has 2 amide bonds. The molecular formula is C16H31N3O2. The number of carbonyl (C=O) groups is 2. The normalized spacial score (nSPS) is 21.9. The number of carbonyl (C=O) groups excluding carboxylic acids is 2. The molecule has 5 nitrogen and oxygen atoms in total. The van der Waals surface area contributed by atoms with Crippen LogP contribution in [-0.2, 0) is 9.59 Å². The number of nitrogens with zero attached hydrogens (tertiary/aromatic N) is 2. The minimum absolute atomic E-state index is 0.0336. The Hall–Kier alpha value is -1.10. The molecule has 0 aromatic heterocycles. The van der Waals surface area contributed by atoms with Crippen molar-refractivity contribution in [3.05, 3.63) is 0 Å². The van der Waals surface area contributed by atoms with Crippen molar-refractivity contribution in [2.24, 2.45) is 5.41 Å². The fraction of sp³-hybridized carbons (Fsp3) is 0.875. The van der Waals surface area contributed by atoms with Crippen molar-refractivity contribution in [2.75, 3.05) is 39.8 Å². The zero-order chi connectivity index (χ0) is 15.9. The van der Waals surface area contributed by atoms with Crippen LogP contribution in [0.1, 0.15) is 46.5 Å². The zero-order valence-corrected chi connectivity index (χ0v) is 14.1. The van der Waals surface area contributed by atoms with Crippen LogP contribution < -0.4 is 5.32 Å². The van der Waals surface area contributed by atoms with Crippen LogP contribution in [0.4, 0.5) is 0 Å². The van der Waals surface area contributed by atoms with Gasteiger partial charge in [0.1, 0.15) is 0 Å². The second-order valence-corrected chi connectivity index (χ2v) is 6.04. The molecule has 0 aromatic carbocycles. The van der Waals surface area contributed by atoms with E-state index in [1.165, 1.54) is 0 Å². The molecule has 1 atom stereocenters. The molecule has 0 saturated carbocycles.